The molecule has 1 nitrogen and oxygen atoms in total. The van der Waals surface area contributed by atoms with Crippen molar-refractivity contribution in [2.75, 3.05) is 0 Å². The summed E-state index contributed by atoms with van der Waals surface area (Å²) in [5.74, 6) is 0. The lowest BCUT2D eigenvalue weighted by molar-refractivity contribution is 0.134. The highest BCUT2D eigenvalue weighted by Crippen LogP contribution is 2.34. The average Bonchev–Trinajstić information content (AvgIpc) is 2.88. The van der Waals surface area contributed by atoms with E-state index in [1.54, 1.807) is 0 Å². The molecule has 98 valence electrons. The SMILES string of the molecule is Cc1ccc(C(Br)c2ccc3c(c2)COC3)cc1Cl. The van der Waals surface area contributed by atoms with E-state index in [1.165, 1.54) is 22.3 Å². The number of alkyl halides is 1. The molecule has 0 N–H and O–H groups in total. The summed E-state index contributed by atoms with van der Waals surface area (Å²) in [6.07, 6.45) is 0. The van der Waals surface area contributed by atoms with Crippen LogP contribution in [0.25, 0.3) is 0 Å². The van der Waals surface area contributed by atoms with Crippen LogP contribution in [0.2, 0.25) is 5.02 Å². The number of fused-ring (bicyclic) bond motifs is 1. The first-order chi connectivity index (χ1) is 9.15. The smallest absolute Gasteiger partial charge is 0.0725 e. The Morgan fingerprint density at radius 2 is 1.74 bits per heavy atom. The van der Waals surface area contributed by atoms with Crippen LogP contribution in [0.15, 0.2) is 36.4 Å². The van der Waals surface area contributed by atoms with Crippen molar-refractivity contribution in [3.05, 3.63) is 69.2 Å². The molecule has 1 atom stereocenters. The van der Waals surface area contributed by atoms with E-state index < -0.39 is 0 Å². The Bertz CT molecular complexity index is 624. The van der Waals surface area contributed by atoms with Gasteiger partial charge in [-0.1, -0.05) is 57.9 Å². The van der Waals surface area contributed by atoms with Crippen LogP contribution in [-0.2, 0) is 18.0 Å². The van der Waals surface area contributed by atoms with Crippen LogP contribution >= 0.6 is 27.5 Å². The van der Waals surface area contributed by atoms with Crippen LogP contribution in [0.3, 0.4) is 0 Å². The highest BCUT2D eigenvalue weighted by Gasteiger charge is 2.16. The monoisotopic (exact) mass is 336 g/mol. The molecule has 19 heavy (non-hydrogen) atoms. The van der Waals surface area contributed by atoms with Crippen molar-refractivity contribution in [2.45, 2.75) is 25.0 Å². The van der Waals surface area contributed by atoms with E-state index in [2.05, 4.69) is 46.3 Å². The van der Waals surface area contributed by atoms with E-state index in [9.17, 15) is 0 Å². The van der Waals surface area contributed by atoms with Gasteiger partial charge in [0.25, 0.3) is 0 Å². The van der Waals surface area contributed by atoms with Crippen molar-refractivity contribution < 1.29 is 4.74 Å². The Morgan fingerprint density at radius 1 is 1.05 bits per heavy atom. The molecule has 2 aromatic carbocycles. The molecular formula is C16H14BrClO. The molecule has 0 radical (unpaired) electrons. The van der Waals surface area contributed by atoms with Crippen molar-refractivity contribution in [1.82, 2.24) is 0 Å². The molecule has 0 saturated carbocycles. The molecule has 0 bridgehead atoms. The molecule has 1 aliphatic heterocycles. The summed E-state index contributed by atoms with van der Waals surface area (Å²) < 4.78 is 5.45. The number of hydrogen-bond donors (Lipinski definition) is 0. The maximum Gasteiger partial charge on any atom is 0.0725 e. The van der Waals surface area contributed by atoms with E-state index >= 15 is 0 Å². The summed E-state index contributed by atoms with van der Waals surface area (Å²) in [7, 11) is 0. The minimum atomic E-state index is 0.163. The third-order valence-electron chi connectivity index (χ3n) is 3.53. The maximum atomic E-state index is 6.20. The lowest BCUT2D eigenvalue weighted by atomic mass is 10.00. The van der Waals surface area contributed by atoms with Gasteiger partial charge in [0.1, 0.15) is 0 Å². The molecule has 0 aliphatic carbocycles. The first kappa shape index (κ1) is 13.2. The quantitative estimate of drug-likeness (QED) is 0.688. The standard InChI is InChI=1S/C16H14BrClO/c1-10-2-3-12(7-15(10)18)16(17)11-4-5-13-8-19-9-14(13)6-11/h2-7,16H,8-9H2,1H3. The Labute approximate surface area is 126 Å². The van der Waals surface area contributed by atoms with Gasteiger partial charge in [-0.3, -0.25) is 0 Å². The number of hydrogen-bond acceptors (Lipinski definition) is 1. The molecule has 0 spiro atoms. The van der Waals surface area contributed by atoms with E-state index in [1.807, 2.05) is 13.0 Å². The maximum absolute atomic E-state index is 6.20. The van der Waals surface area contributed by atoms with Crippen molar-refractivity contribution >= 4 is 27.5 Å². The molecule has 1 heterocycles. The lowest BCUT2D eigenvalue weighted by Crippen LogP contribution is -1.95. The second kappa shape index (κ2) is 5.28. The molecule has 1 aliphatic rings. The zero-order chi connectivity index (χ0) is 13.4. The first-order valence-corrected chi connectivity index (χ1v) is 7.54. The average molecular weight is 338 g/mol. The lowest BCUT2D eigenvalue weighted by Gasteiger charge is -2.13. The predicted molar refractivity (Wildman–Crippen MR) is 81.9 cm³/mol. The molecule has 0 amide bonds. The van der Waals surface area contributed by atoms with Crippen LogP contribution in [0.5, 0.6) is 0 Å². The Morgan fingerprint density at radius 3 is 2.53 bits per heavy atom. The minimum Gasteiger partial charge on any atom is -0.372 e. The topological polar surface area (TPSA) is 9.23 Å². The second-order valence-corrected chi connectivity index (χ2v) is 6.21. The normalized spacial score (nSPS) is 15.3. The van der Waals surface area contributed by atoms with Crippen molar-refractivity contribution in [3.8, 4) is 0 Å². The van der Waals surface area contributed by atoms with E-state index in [4.69, 9.17) is 16.3 Å². The molecule has 0 aromatic heterocycles. The van der Waals surface area contributed by atoms with Gasteiger partial charge in [-0.05, 0) is 40.8 Å². The zero-order valence-corrected chi connectivity index (χ0v) is 13.0. The zero-order valence-electron chi connectivity index (χ0n) is 10.6. The molecular weight excluding hydrogens is 324 g/mol. The van der Waals surface area contributed by atoms with Crippen LogP contribution in [0.1, 0.15) is 32.6 Å². The fourth-order valence-corrected chi connectivity index (χ4v) is 3.07. The van der Waals surface area contributed by atoms with Gasteiger partial charge in [0.2, 0.25) is 0 Å². The minimum absolute atomic E-state index is 0.163. The van der Waals surface area contributed by atoms with Gasteiger partial charge in [-0.25, -0.2) is 0 Å². The van der Waals surface area contributed by atoms with Crippen molar-refractivity contribution in [1.29, 1.82) is 0 Å². The third-order valence-corrected chi connectivity index (χ3v) is 4.99. The molecule has 3 heteroatoms. The van der Waals surface area contributed by atoms with E-state index in [0.717, 1.165) is 23.8 Å². The van der Waals surface area contributed by atoms with Crippen LogP contribution in [-0.4, -0.2) is 0 Å². The van der Waals surface area contributed by atoms with Crippen LogP contribution in [0, 0.1) is 6.92 Å². The highest BCUT2D eigenvalue weighted by molar-refractivity contribution is 9.09. The molecule has 2 aromatic rings. The fraction of sp³-hybridized carbons (Fsp3) is 0.250. The van der Waals surface area contributed by atoms with Crippen molar-refractivity contribution in [2.24, 2.45) is 0 Å². The largest absolute Gasteiger partial charge is 0.372 e. The van der Waals surface area contributed by atoms with Gasteiger partial charge in [-0.2, -0.15) is 0 Å². The Balaban J connectivity index is 1.94. The third kappa shape index (κ3) is 2.58. The second-order valence-electron chi connectivity index (χ2n) is 4.89. The molecule has 3 rings (SSSR count). The fourth-order valence-electron chi connectivity index (χ4n) is 2.31. The molecule has 1 unspecified atom stereocenters. The summed E-state index contributed by atoms with van der Waals surface area (Å²) in [6, 6.07) is 12.7. The molecule has 0 saturated heterocycles. The molecule has 0 fully saturated rings. The van der Waals surface area contributed by atoms with Crippen LogP contribution < -0.4 is 0 Å². The van der Waals surface area contributed by atoms with Gasteiger partial charge in [0, 0.05) is 5.02 Å². The van der Waals surface area contributed by atoms with Crippen LogP contribution in [0.4, 0.5) is 0 Å². The van der Waals surface area contributed by atoms with E-state index in [0.29, 0.717) is 0 Å². The number of ether oxygens (including phenoxy) is 1. The Hall–Kier alpha value is -0.830. The van der Waals surface area contributed by atoms with Gasteiger partial charge >= 0.3 is 0 Å². The number of halogens is 2. The van der Waals surface area contributed by atoms with Gasteiger partial charge < -0.3 is 4.74 Å². The summed E-state index contributed by atoms with van der Waals surface area (Å²) in [5, 5.41) is 0.812. The summed E-state index contributed by atoms with van der Waals surface area (Å²) in [5.41, 5.74) is 6.11. The van der Waals surface area contributed by atoms with Gasteiger partial charge in [-0.15, -0.1) is 0 Å². The number of benzene rings is 2. The summed E-state index contributed by atoms with van der Waals surface area (Å²) >= 11 is 9.96. The summed E-state index contributed by atoms with van der Waals surface area (Å²) in [4.78, 5) is 0.163. The number of aryl methyl sites for hydroxylation is 1. The first-order valence-electron chi connectivity index (χ1n) is 6.25. The van der Waals surface area contributed by atoms with Gasteiger partial charge in [0.05, 0.1) is 18.0 Å². The van der Waals surface area contributed by atoms with Crippen molar-refractivity contribution in [3.63, 3.8) is 0 Å². The van der Waals surface area contributed by atoms with E-state index in [-0.39, 0.29) is 4.83 Å². The number of rotatable bonds is 2. The summed E-state index contributed by atoms with van der Waals surface area (Å²) in [6.45, 7) is 3.47. The highest BCUT2D eigenvalue weighted by atomic mass is 79.9. The van der Waals surface area contributed by atoms with Gasteiger partial charge in [0.15, 0.2) is 0 Å². The Kier molecular flexibility index (Phi) is 3.66. The predicted octanol–water partition coefficient (Wildman–Crippen LogP) is 5.16.